The summed E-state index contributed by atoms with van der Waals surface area (Å²) in [7, 11) is 0. The zero-order chi connectivity index (χ0) is 21.4. The molecule has 2 heterocycles. The molecule has 4 aromatic rings. The van der Waals surface area contributed by atoms with E-state index in [2.05, 4.69) is 10.3 Å². The Morgan fingerprint density at radius 2 is 1.90 bits per heavy atom. The van der Waals surface area contributed by atoms with Crippen LogP contribution in [0, 0.1) is 24.4 Å². The van der Waals surface area contributed by atoms with Crippen LogP contribution in [0.3, 0.4) is 0 Å². The van der Waals surface area contributed by atoms with Gasteiger partial charge in [-0.2, -0.15) is 0 Å². The fourth-order valence-electron chi connectivity index (χ4n) is 3.09. The van der Waals surface area contributed by atoms with Gasteiger partial charge in [-0.3, -0.25) is 14.2 Å². The number of aryl methyl sites for hydroxylation is 1. The fraction of sp³-hybridized carbons (Fsp3) is 0.0952. The molecule has 0 fully saturated rings. The number of amides is 1. The smallest absolute Gasteiger partial charge is 0.266 e. The highest BCUT2D eigenvalue weighted by Gasteiger charge is 2.20. The number of nitrogens with zero attached hydrogens (tertiary/aromatic N) is 2. The number of carbonyl (C=O) groups is 1. The molecule has 9 heteroatoms. The van der Waals surface area contributed by atoms with E-state index in [4.69, 9.17) is 0 Å². The average molecular weight is 429 g/mol. The molecule has 0 saturated carbocycles. The maximum absolute atomic E-state index is 13.8. The third kappa shape index (κ3) is 3.71. The maximum Gasteiger partial charge on any atom is 0.266 e. The summed E-state index contributed by atoms with van der Waals surface area (Å²) in [4.78, 5) is 30.4. The van der Waals surface area contributed by atoms with Gasteiger partial charge in [0.1, 0.15) is 22.3 Å². The average Bonchev–Trinajstić information content (AvgIpc) is 3.04. The van der Waals surface area contributed by atoms with E-state index in [-0.39, 0.29) is 28.1 Å². The molecule has 1 N–H and O–H groups in total. The lowest BCUT2D eigenvalue weighted by Gasteiger charge is -2.06. The van der Waals surface area contributed by atoms with Gasteiger partial charge in [-0.05, 0) is 42.3 Å². The van der Waals surface area contributed by atoms with Crippen molar-refractivity contribution >= 4 is 33.1 Å². The second-order valence-corrected chi connectivity index (χ2v) is 7.62. The van der Waals surface area contributed by atoms with Crippen LogP contribution in [0.5, 0.6) is 0 Å². The summed E-state index contributed by atoms with van der Waals surface area (Å²) >= 11 is 0.999. The van der Waals surface area contributed by atoms with E-state index in [0.29, 0.717) is 22.0 Å². The largest absolute Gasteiger partial charge is 0.319 e. The van der Waals surface area contributed by atoms with Crippen LogP contribution in [0.2, 0.25) is 0 Å². The first-order valence-corrected chi connectivity index (χ1v) is 9.64. The highest BCUT2D eigenvalue weighted by Crippen LogP contribution is 2.28. The van der Waals surface area contributed by atoms with Crippen LogP contribution < -0.4 is 10.9 Å². The van der Waals surface area contributed by atoms with E-state index in [1.807, 2.05) is 0 Å². The molecule has 30 heavy (non-hydrogen) atoms. The number of fused-ring (bicyclic) bond motifs is 1. The predicted octanol–water partition coefficient (Wildman–Crippen LogP) is 4.48. The molecule has 1 amide bonds. The summed E-state index contributed by atoms with van der Waals surface area (Å²) in [5.74, 6) is -2.70. The zero-order valence-electron chi connectivity index (χ0n) is 15.6. The van der Waals surface area contributed by atoms with Crippen molar-refractivity contribution in [2.24, 2.45) is 0 Å². The Bertz CT molecular complexity index is 1350. The highest BCUT2D eigenvalue weighted by molar-refractivity contribution is 7.20. The zero-order valence-corrected chi connectivity index (χ0v) is 16.4. The number of aromatic nitrogens is 2. The maximum atomic E-state index is 13.8. The normalized spacial score (nSPS) is 11.1. The molecule has 0 radical (unpaired) electrons. The van der Waals surface area contributed by atoms with Gasteiger partial charge in [0.2, 0.25) is 0 Å². The van der Waals surface area contributed by atoms with E-state index in [0.717, 1.165) is 23.5 Å². The Morgan fingerprint density at radius 3 is 2.63 bits per heavy atom. The number of benzene rings is 2. The first kappa shape index (κ1) is 19.8. The van der Waals surface area contributed by atoms with Gasteiger partial charge in [0.25, 0.3) is 11.5 Å². The SMILES string of the molecule is Cc1c(C(=O)Nc2ccc(F)cc2F)sc2ncn(Cc3cccc(F)c3)c(=O)c12. The lowest BCUT2D eigenvalue weighted by atomic mass is 10.2. The van der Waals surface area contributed by atoms with Gasteiger partial charge in [-0.25, -0.2) is 18.2 Å². The Morgan fingerprint density at radius 1 is 1.13 bits per heavy atom. The molecule has 0 bridgehead atoms. The molecule has 0 aliphatic rings. The van der Waals surface area contributed by atoms with Crippen LogP contribution in [0.15, 0.2) is 53.6 Å². The summed E-state index contributed by atoms with van der Waals surface area (Å²) in [6, 6.07) is 8.70. The van der Waals surface area contributed by atoms with Crippen molar-refractivity contribution in [3.8, 4) is 0 Å². The van der Waals surface area contributed by atoms with Crippen LogP contribution in [-0.4, -0.2) is 15.5 Å². The summed E-state index contributed by atoms with van der Waals surface area (Å²) < 4.78 is 41.6. The predicted molar refractivity (Wildman–Crippen MR) is 108 cm³/mol. The van der Waals surface area contributed by atoms with Crippen LogP contribution in [-0.2, 0) is 6.54 Å². The van der Waals surface area contributed by atoms with Crippen molar-refractivity contribution in [2.75, 3.05) is 5.32 Å². The van der Waals surface area contributed by atoms with E-state index >= 15 is 0 Å². The Hall–Kier alpha value is -3.46. The van der Waals surface area contributed by atoms with Crippen LogP contribution in [0.4, 0.5) is 18.9 Å². The van der Waals surface area contributed by atoms with Gasteiger partial charge < -0.3 is 5.32 Å². The van der Waals surface area contributed by atoms with Gasteiger partial charge >= 0.3 is 0 Å². The molecule has 0 saturated heterocycles. The van der Waals surface area contributed by atoms with Crippen molar-refractivity contribution in [3.05, 3.63) is 92.6 Å². The number of halogens is 3. The van der Waals surface area contributed by atoms with Gasteiger partial charge in [0.05, 0.1) is 28.8 Å². The summed E-state index contributed by atoms with van der Waals surface area (Å²) in [6.07, 6.45) is 1.34. The number of hydrogen-bond donors (Lipinski definition) is 1. The monoisotopic (exact) mass is 429 g/mol. The van der Waals surface area contributed by atoms with E-state index in [1.165, 1.54) is 23.0 Å². The number of hydrogen-bond acceptors (Lipinski definition) is 4. The Kier molecular flexibility index (Phi) is 5.13. The molecular weight excluding hydrogens is 415 g/mol. The van der Waals surface area contributed by atoms with Crippen molar-refractivity contribution in [1.82, 2.24) is 9.55 Å². The van der Waals surface area contributed by atoms with Crippen LogP contribution >= 0.6 is 11.3 Å². The first-order valence-electron chi connectivity index (χ1n) is 8.83. The summed E-state index contributed by atoms with van der Waals surface area (Å²) in [6.45, 7) is 1.72. The lowest BCUT2D eigenvalue weighted by Crippen LogP contribution is -2.21. The Labute approximate surface area is 172 Å². The summed E-state index contributed by atoms with van der Waals surface area (Å²) in [5.41, 5.74) is 0.455. The molecule has 2 aromatic heterocycles. The second-order valence-electron chi connectivity index (χ2n) is 6.62. The van der Waals surface area contributed by atoms with Gasteiger partial charge in [0.15, 0.2) is 0 Å². The molecule has 5 nitrogen and oxygen atoms in total. The number of carbonyl (C=O) groups excluding carboxylic acids is 1. The van der Waals surface area contributed by atoms with Crippen molar-refractivity contribution < 1.29 is 18.0 Å². The van der Waals surface area contributed by atoms with E-state index < -0.39 is 23.4 Å². The van der Waals surface area contributed by atoms with Crippen LogP contribution in [0.25, 0.3) is 10.2 Å². The number of thiophene rings is 1. The van der Waals surface area contributed by atoms with Gasteiger partial charge in [0, 0.05) is 6.07 Å². The lowest BCUT2D eigenvalue weighted by molar-refractivity contribution is 0.102. The minimum absolute atomic E-state index is 0.122. The standard InChI is InChI=1S/C21H14F3N3O2S/c1-11-17-20(25-10-27(21(17)29)9-12-3-2-4-13(22)7-12)30-18(11)19(28)26-16-6-5-14(23)8-15(16)24/h2-8,10H,9H2,1H3,(H,26,28). The third-order valence-corrected chi connectivity index (χ3v) is 5.74. The van der Waals surface area contributed by atoms with Crippen LogP contribution in [0.1, 0.15) is 20.8 Å². The second kappa shape index (κ2) is 7.75. The molecule has 0 spiro atoms. The Balaban J connectivity index is 1.69. The van der Waals surface area contributed by atoms with Crippen molar-refractivity contribution in [1.29, 1.82) is 0 Å². The molecule has 0 unspecified atom stereocenters. The van der Waals surface area contributed by atoms with Crippen molar-refractivity contribution in [2.45, 2.75) is 13.5 Å². The molecule has 2 aromatic carbocycles. The molecule has 0 aliphatic heterocycles. The highest BCUT2D eigenvalue weighted by atomic mass is 32.1. The first-order chi connectivity index (χ1) is 14.3. The number of anilines is 1. The van der Waals surface area contributed by atoms with E-state index in [1.54, 1.807) is 19.1 Å². The van der Waals surface area contributed by atoms with Gasteiger partial charge in [-0.1, -0.05) is 12.1 Å². The minimum Gasteiger partial charge on any atom is -0.319 e. The third-order valence-electron chi connectivity index (χ3n) is 4.54. The quantitative estimate of drug-likeness (QED) is 0.520. The molecule has 0 aliphatic carbocycles. The number of rotatable bonds is 4. The van der Waals surface area contributed by atoms with E-state index in [9.17, 15) is 22.8 Å². The molecule has 152 valence electrons. The molecule has 0 atom stereocenters. The minimum atomic E-state index is -0.905. The topological polar surface area (TPSA) is 64.0 Å². The fourth-order valence-corrected chi connectivity index (χ4v) is 4.12. The number of nitrogens with one attached hydrogen (secondary N) is 1. The van der Waals surface area contributed by atoms with Crippen molar-refractivity contribution in [3.63, 3.8) is 0 Å². The summed E-state index contributed by atoms with van der Waals surface area (Å²) in [5, 5.41) is 2.65. The molecule has 4 rings (SSSR count). The molecular formula is C21H14F3N3O2S. The van der Waals surface area contributed by atoms with Gasteiger partial charge in [-0.15, -0.1) is 11.3 Å².